The van der Waals surface area contributed by atoms with Crippen molar-refractivity contribution in [1.29, 1.82) is 0 Å². The molecule has 0 unspecified atom stereocenters. The lowest BCUT2D eigenvalue weighted by Crippen LogP contribution is -2.30. The van der Waals surface area contributed by atoms with E-state index in [-0.39, 0.29) is 0 Å². The summed E-state index contributed by atoms with van der Waals surface area (Å²) in [6, 6.07) is 12.1. The van der Waals surface area contributed by atoms with Crippen molar-refractivity contribution < 1.29 is 4.74 Å². The van der Waals surface area contributed by atoms with Crippen molar-refractivity contribution in [2.24, 2.45) is 0 Å². The predicted molar refractivity (Wildman–Crippen MR) is 85.8 cm³/mol. The molecule has 1 aliphatic rings. The van der Waals surface area contributed by atoms with Crippen molar-refractivity contribution in [1.82, 2.24) is 4.98 Å². The Hall–Kier alpha value is -2.03. The number of ether oxygens (including phenoxy) is 1. The highest BCUT2D eigenvalue weighted by Crippen LogP contribution is 2.24. The van der Waals surface area contributed by atoms with Gasteiger partial charge in [-0.3, -0.25) is 4.98 Å². The zero-order valence-corrected chi connectivity index (χ0v) is 12.6. The van der Waals surface area contributed by atoms with E-state index in [9.17, 15) is 0 Å². The van der Waals surface area contributed by atoms with Crippen LogP contribution >= 0.6 is 0 Å². The first-order valence-electron chi connectivity index (χ1n) is 7.71. The fourth-order valence-electron chi connectivity index (χ4n) is 2.78. The third-order valence-corrected chi connectivity index (χ3v) is 3.96. The second-order valence-corrected chi connectivity index (χ2v) is 5.61. The van der Waals surface area contributed by atoms with Crippen LogP contribution < -0.4 is 9.64 Å². The third-order valence-electron chi connectivity index (χ3n) is 3.96. The van der Waals surface area contributed by atoms with Gasteiger partial charge in [0.15, 0.2) is 0 Å². The first kappa shape index (κ1) is 13.9. The molecule has 21 heavy (non-hydrogen) atoms. The summed E-state index contributed by atoms with van der Waals surface area (Å²) in [6.45, 7) is 4.97. The Morgan fingerprint density at radius 1 is 1.10 bits per heavy atom. The molecule has 2 heterocycles. The van der Waals surface area contributed by atoms with Gasteiger partial charge in [0.1, 0.15) is 12.4 Å². The van der Waals surface area contributed by atoms with E-state index in [0.29, 0.717) is 6.61 Å². The Balaban J connectivity index is 1.71. The first-order valence-corrected chi connectivity index (χ1v) is 7.71. The fraction of sp³-hybridized carbons (Fsp3) is 0.389. The molecule has 0 N–H and O–H groups in total. The van der Waals surface area contributed by atoms with Crippen LogP contribution in [0, 0.1) is 6.92 Å². The SMILES string of the molecule is Cc1cnc(COc2ccccc2)cc1N1CCCCC1. The molecule has 0 atom stereocenters. The molecule has 3 rings (SSSR count). The van der Waals surface area contributed by atoms with E-state index in [1.165, 1.54) is 30.5 Å². The smallest absolute Gasteiger partial charge is 0.130 e. The number of aryl methyl sites for hydroxylation is 1. The Morgan fingerprint density at radius 3 is 2.62 bits per heavy atom. The van der Waals surface area contributed by atoms with Crippen LogP contribution in [0.25, 0.3) is 0 Å². The lowest BCUT2D eigenvalue weighted by Gasteiger charge is -2.30. The number of piperidine rings is 1. The van der Waals surface area contributed by atoms with Crippen LogP contribution in [0.2, 0.25) is 0 Å². The van der Waals surface area contributed by atoms with Gasteiger partial charge in [-0.25, -0.2) is 0 Å². The van der Waals surface area contributed by atoms with E-state index in [2.05, 4.69) is 22.9 Å². The van der Waals surface area contributed by atoms with Crippen molar-refractivity contribution in [2.75, 3.05) is 18.0 Å². The summed E-state index contributed by atoms with van der Waals surface area (Å²) in [5.41, 5.74) is 3.56. The molecule has 0 saturated carbocycles. The van der Waals surface area contributed by atoms with E-state index in [1.54, 1.807) is 0 Å². The summed E-state index contributed by atoms with van der Waals surface area (Å²) < 4.78 is 5.79. The first-order chi connectivity index (χ1) is 10.3. The highest BCUT2D eigenvalue weighted by Gasteiger charge is 2.14. The molecule has 1 aromatic heterocycles. The number of aromatic nitrogens is 1. The Bertz CT molecular complexity index is 577. The van der Waals surface area contributed by atoms with E-state index < -0.39 is 0 Å². The maximum Gasteiger partial charge on any atom is 0.130 e. The van der Waals surface area contributed by atoms with Crippen LogP contribution in [0.1, 0.15) is 30.5 Å². The Morgan fingerprint density at radius 2 is 1.86 bits per heavy atom. The maximum atomic E-state index is 5.79. The molecule has 0 radical (unpaired) electrons. The van der Waals surface area contributed by atoms with Crippen LogP contribution in [0.15, 0.2) is 42.6 Å². The molecule has 3 heteroatoms. The lowest BCUT2D eigenvalue weighted by atomic mass is 10.1. The standard InChI is InChI=1S/C18H22N2O/c1-15-13-19-16(14-21-17-8-4-2-5-9-17)12-18(15)20-10-6-3-7-11-20/h2,4-5,8-9,12-13H,3,6-7,10-11,14H2,1H3. The van der Waals surface area contributed by atoms with Gasteiger partial charge in [0, 0.05) is 25.0 Å². The van der Waals surface area contributed by atoms with E-state index >= 15 is 0 Å². The largest absolute Gasteiger partial charge is 0.487 e. The molecular formula is C18H22N2O. The average molecular weight is 282 g/mol. The van der Waals surface area contributed by atoms with Crippen LogP contribution in [0.3, 0.4) is 0 Å². The number of hydrogen-bond donors (Lipinski definition) is 0. The monoisotopic (exact) mass is 282 g/mol. The molecule has 1 aromatic carbocycles. The summed E-state index contributed by atoms with van der Waals surface area (Å²) in [5.74, 6) is 0.888. The zero-order chi connectivity index (χ0) is 14.5. The minimum Gasteiger partial charge on any atom is -0.487 e. The number of pyridine rings is 1. The highest BCUT2D eigenvalue weighted by atomic mass is 16.5. The molecule has 3 nitrogen and oxygen atoms in total. The van der Waals surface area contributed by atoms with Crippen molar-refractivity contribution >= 4 is 5.69 Å². The van der Waals surface area contributed by atoms with Gasteiger partial charge in [-0.2, -0.15) is 0 Å². The lowest BCUT2D eigenvalue weighted by molar-refractivity contribution is 0.301. The normalized spacial score (nSPS) is 15.0. The number of benzene rings is 1. The Labute approximate surface area is 126 Å². The van der Waals surface area contributed by atoms with E-state index in [4.69, 9.17) is 4.74 Å². The van der Waals surface area contributed by atoms with Gasteiger partial charge in [0.2, 0.25) is 0 Å². The molecule has 0 bridgehead atoms. The van der Waals surface area contributed by atoms with Crippen molar-refractivity contribution in [2.45, 2.75) is 32.8 Å². The minimum atomic E-state index is 0.519. The molecule has 0 amide bonds. The van der Waals surface area contributed by atoms with Crippen molar-refractivity contribution in [3.8, 4) is 5.75 Å². The van der Waals surface area contributed by atoms with Crippen LogP contribution in [0.5, 0.6) is 5.75 Å². The molecule has 1 saturated heterocycles. The van der Waals surface area contributed by atoms with Gasteiger partial charge in [-0.1, -0.05) is 18.2 Å². The van der Waals surface area contributed by atoms with Gasteiger partial charge >= 0.3 is 0 Å². The van der Waals surface area contributed by atoms with Crippen LogP contribution in [0.4, 0.5) is 5.69 Å². The van der Waals surface area contributed by atoms with Gasteiger partial charge in [-0.05, 0) is 49.9 Å². The molecule has 2 aromatic rings. The quantitative estimate of drug-likeness (QED) is 0.848. The number of para-hydroxylation sites is 1. The van der Waals surface area contributed by atoms with Gasteiger partial charge in [0.05, 0.1) is 5.69 Å². The summed E-state index contributed by atoms with van der Waals surface area (Å²) >= 11 is 0. The molecule has 110 valence electrons. The summed E-state index contributed by atoms with van der Waals surface area (Å²) in [7, 11) is 0. The molecule has 0 spiro atoms. The second kappa shape index (κ2) is 6.61. The predicted octanol–water partition coefficient (Wildman–Crippen LogP) is 3.96. The van der Waals surface area contributed by atoms with Gasteiger partial charge in [0.25, 0.3) is 0 Å². The van der Waals surface area contributed by atoms with Gasteiger partial charge < -0.3 is 9.64 Å². The summed E-state index contributed by atoms with van der Waals surface area (Å²) in [4.78, 5) is 6.98. The third kappa shape index (κ3) is 3.54. The molecule has 1 fully saturated rings. The maximum absolute atomic E-state index is 5.79. The van der Waals surface area contributed by atoms with Crippen LogP contribution in [-0.4, -0.2) is 18.1 Å². The van der Waals surface area contributed by atoms with E-state index in [1.807, 2.05) is 36.5 Å². The van der Waals surface area contributed by atoms with Crippen LogP contribution in [-0.2, 0) is 6.61 Å². The Kier molecular flexibility index (Phi) is 4.39. The number of hydrogen-bond acceptors (Lipinski definition) is 3. The highest BCUT2D eigenvalue weighted by molar-refractivity contribution is 5.53. The fourth-order valence-corrected chi connectivity index (χ4v) is 2.78. The van der Waals surface area contributed by atoms with Crippen molar-refractivity contribution in [3.63, 3.8) is 0 Å². The number of nitrogens with zero attached hydrogens (tertiary/aromatic N) is 2. The van der Waals surface area contributed by atoms with Gasteiger partial charge in [-0.15, -0.1) is 0 Å². The number of anilines is 1. The average Bonchev–Trinajstić information content (AvgIpc) is 2.56. The summed E-state index contributed by atoms with van der Waals surface area (Å²) in [6.07, 6.45) is 5.90. The van der Waals surface area contributed by atoms with Crippen molar-refractivity contribution in [3.05, 3.63) is 53.9 Å². The summed E-state index contributed by atoms with van der Waals surface area (Å²) in [5, 5.41) is 0. The molecular weight excluding hydrogens is 260 g/mol. The zero-order valence-electron chi connectivity index (χ0n) is 12.6. The topological polar surface area (TPSA) is 25.4 Å². The van der Waals surface area contributed by atoms with E-state index in [0.717, 1.165) is 24.5 Å². The second-order valence-electron chi connectivity index (χ2n) is 5.61. The number of rotatable bonds is 4. The molecule has 0 aliphatic carbocycles. The minimum absolute atomic E-state index is 0.519. The molecule has 1 aliphatic heterocycles.